The Bertz CT molecular complexity index is 774. The third-order valence-corrected chi connectivity index (χ3v) is 5.14. The number of methoxy groups -OCH3 is 2. The molecule has 0 heterocycles. The van der Waals surface area contributed by atoms with Gasteiger partial charge in [0.15, 0.2) is 5.96 Å². The molecule has 146 valence electrons. The second-order valence-corrected chi connectivity index (χ2v) is 6.78. The maximum absolute atomic E-state index is 6.14. The molecule has 1 aliphatic carbocycles. The lowest BCUT2D eigenvalue weighted by atomic mass is 9.79. The molecule has 2 aromatic carbocycles. The van der Waals surface area contributed by atoms with Gasteiger partial charge in [-0.15, -0.1) is 24.0 Å². The van der Waals surface area contributed by atoms with Crippen LogP contribution in [-0.4, -0.2) is 26.7 Å². The van der Waals surface area contributed by atoms with Gasteiger partial charge in [0.25, 0.3) is 0 Å². The predicted octanol–water partition coefficient (Wildman–Crippen LogP) is 4.56. The fourth-order valence-corrected chi connectivity index (χ4v) is 3.67. The molecule has 1 saturated carbocycles. The van der Waals surface area contributed by atoms with Crippen LogP contribution in [0.5, 0.6) is 11.5 Å². The van der Waals surface area contributed by atoms with Gasteiger partial charge in [-0.1, -0.05) is 31.0 Å². The second-order valence-electron chi connectivity index (χ2n) is 6.78. The van der Waals surface area contributed by atoms with Gasteiger partial charge in [-0.05, 0) is 42.7 Å². The summed E-state index contributed by atoms with van der Waals surface area (Å²) in [4.78, 5) is 4.66. The summed E-state index contributed by atoms with van der Waals surface area (Å²) in [7, 11) is 3.35. The molecule has 1 fully saturated rings. The predicted molar refractivity (Wildman–Crippen MR) is 122 cm³/mol. The Morgan fingerprint density at radius 2 is 1.67 bits per heavy atom. The van der Waals surface area contributed by atoms with Gasteiger partial charge in [0, 0.05) is 17.2 Å². The van der Waals surface area contributed by atoms with Crippen LogP contribution in [0.25, 0.3) is 0 Å². The van der Waals surface area contributed by atoms with E-state index in [1.807, 2.05) is 30.3 Å². The van der Waals surface area contributed by atoms with Crippen LogP contribution < -0.4 is 20.5 Å². The number of nitrogens with two attached hydrogens (primary N) is 1. The SMILES string of the molecule is COc1cccc(NC(N)=NCC2(c3cccc(OC)c3)CCCC2)c1.I. The molecule has 2 aromatic rings. The smallest absolute Gasteiger partial charge is 0.193 e. The van der Waals surface area contributed by atoms with Gasteiger partial charge >= 0.3 is 0 Å². The van der Waals surface area contributed by atoms with Gasteiger partial charge in [0.1, 0.15) is 11.5 Å². The highest BCUT2D eigenvalue weighted by atomic mass is 127. The Labute approximate surface area is 178 Å². The Balaban J connectivity index is 0.00000261. The summed E-state index contributed by atoms with van der Waals surface area (Å²) in [5.41, 5.74) is 8.33. The molecule has 0 aromatic heterocycles. The number of rotatable bonds is 6. The van der Waals surface area contributed by atoms with E-state index in [4.69, 9.17) is 15.2 Å². The van der Waals surface area contributed by atoms with Crippen molar-refractivity contribution in [1.82, 2.24) is 0 Å². The zero-order valence-corrected chi connectivity index (χ0v) is 18.2. The molecule has 3 N–H and O–H groups in total. The third-order valence-electron chi connectivity index (χ3n) is 5.14. The van der Waals surface area contributed by atoms with E-state index in [2.05, 4.69) is 28.5 Å². The molecule has 6 heteroatoms. The Morgan fingerprint density at radius 3 is 2.33 bits per heavy atom. The molecule has 0 radical (unpaired) electrons. The second kappa shape index (κ2) is 9.82. The van der Waals surface area contributed by atoms with E-state index in [9.17, 15) is 0 Å². The number of benzene rings is 2. The number of nitrogens with one attached hydrogen (secondary N) is 1. The standard InChI is InChI=1S/C21H27N3O2.HI/c1-25-18-9-5-7-16(13-18)21(11-3-4-12-21)15-23-20(22)24-17-8-6-10-19(14-17)26-2;/h5-10,13-14H,3-4,11-12,15H2,1-2H3,(H3,22,23,24);1H. The summed E-state index contributed by atoms with van der Waals surface area (Å²) < 4.78 is 10.6. The highest BCUT2D eigenvalue weighted by Gasteiger charge is 2.35. The molecular formula is C21H28IN3O2. The topological polar surface area (TPSA) is 68.9 Å². The molecule has 3 rings (SSSR count). The maximum atomic E-state index is 6.14. The Kier molecular flexibility index (Phi) is 7.77. The lowest BCUT2D eigenvalue weighted by Crippen LogP contribution is -2.30. The summed E-state index contributed by atoms with van der Waals surface area (Å²) in [6.07, 6.45) is 4.68. The van der Waals surface area contributed by atoms with E-state index in [1.54, 1.807) is 14.2 Å². The van der Waals surface area contributed by atoms with Crippen molar-refractivity contribution in [3.63, 3.8) is 0 Å². The normalized spacial score (nSPS) is 15.7. The van der Waals surface area contributed by atoms with Gasteiger partial charge in [-0.25, -0.2) is 0 Å². The number of ether oxygens (including phenoxy) is 2. The van der Waals surface area contributed by atoms with Crippen molar-refractivity contribution in [3.05, 3.63) is 54.1 Å². The van der Waals surface area contributed by atoms with Crippen molar-refractivity contribution in [2.45, 2.75) is 31.1 Å². The number of hydrogen-bond acceptors (Lipinski definition) is 3. The van der Waals surface area contributed by atoms with Crippen molar-refractivity contribution >= 4 is 35.6 Å². The van der Waals surface area contributed by atoms with Crippen LogP contribution in [0, 0.1) is 0 Å². The van der Waals surface area contributed by atoms with Crippen LogP contribution in [0.15, 0.2) is 53.5 Å². The van der Waals surface area contributed by atoms with Gasteiger partial charge in [-0.3, -0.25) is 4.99 Å². The van der Waals surface area contributed by atoms with E-state index in [0.29, 0.717) is 12.5 Å². The number of halogens is 1. The monoisotopic (exact) mass is 481 g/mol. The van der Waals surface area contributed by atoms with Gasteiger partial charge in [0.05, 0.1) is 20.8 Å². The lowest BCUT2D eigenvalue weighted by molar-refractivity contribution is 0.408. The number of hydrogen-bond donors (Lipinski definition) is 2. The van der Waals surface area contributed by atoms with Crippen LogP contribution in [-0.2, 0) is 5.41 Å². The van der Waals surface area contributed by atoms with Crippen LogP contribution in [0.1, 0.15) is 31.2 Å². The molecule has 0 unspecified atom stereocenters. The van der Waals surface area contributed by atoms with Crippen molar-refractivity contribution in [3.8, 4) is 11.5 Å². The number of guanidine groups is 1. The lowest BCUT2D eigenvalue weighted by Gasteiger charge is -2.28. The van der Waals surface area contributed by atoms with Crippen LogP contribution >= 0.6 is 24.0 Å². The average Bonchev–Trinajstić information content (AvgIpc) is 3.17. The molecule has 0 saturated heterocycles. The fraction of sp³-hybridized carbons (Fsp3) is 0.381. The Morgan fingerprint density at radius 1 is 1.04 bits per heavy atom. The minimum Gasteiger partial charge on any atom is -0.497 e. The number of aliphatic imine (C=N–C) groups is 1. The van der Waals surface area contributed by atoms with E-state index >= 15 is 0 Å². The number of anilines is 1. The molecule has 27 heavy (non-hydrogen) atoms. The quantitative estimate of drug-likeness (QED) is 0.361. The molecule has 0 spiro atoms. The third kappa shape index (κ3) is 5.28. The van der Waals surface area contributed by atoms with Crippen LogP contribution in [0.2, 0.25) is 0 Å². The van der Waals surface area contributed by atoms with Crippen LogP contribution in [0.3, 0.4) is 0 Å². The molecule has 0 aliphatic heterocycles. The van der Waals surface area contributed by atoms with Crippen molar-refractivity contribution in [2.24, 2.45) is 10.7 Å². The van der Waals surface area contributed by atoms with Crippen LogP contribution in [0.4, 0.5) is 5.69 Å². The first kappa shape index (κ1) is 21.3. The first-order valence-corrected chi connectivity index (χ1v) is 9.01. The molecule has 0 amide bonds. The molecular weight excluding hydrogens is 453 g/mol. The largest absolute Gasteiger partial charge is 0.497 e. The van der Waals surface area contributed by atoms with E-state index in [0.717, 1.165) is 30.0 Å². The summed E-state index contributed by atoms with van der Waals surface area (Å²) in [5, 5.41) is 3.15. The number of nitrogens with zero attached hydrogens (tertiary/aromatic N) is 1. The summed E-state index contributed by atoms with van der Waals surface area (Å²) in [6.45, 7) is 0.670. The Hall–Kier alpha value is -1.96. The molecule has 5 nitrogen and oxygen atoms in total. The maximum Gasteiger partial charge on any atom is 0.193 e. The van der Waals surface area contributed by atoms with Crippen molar-refractivity contribution < 1.29 is 9.47 Å². The average molecular weight is 481 g/mol. The van der Waals surface area contributed by atoms with Gasteiger partial charge in [-0.2, -0.15) is 0 Å². The van der Waals surface area contributed by atoms with Crippen molar-refractivity contribution in [1.29, 1.82) is 0 Å². The highest BCUT2D eigenvalue weighted by Crippen LogP contribution is 2.42. The molecule has 0 bridgehead atoms. The zero-order chi connectivity index (χ0) is 18.4. The first-order chi connectivity index (χ1) is 12.6. The summed E-state index contributed by atoms with van der Waals surface area (Å²) in [5.74, 6) is 2.10. The highest BCUT2D eigenvalue weighted by molar-refractivity contribution is 14.0. The summed E-state index contributed by atoms with van der Waals surface area (Å²) in [6, 6.07) is 16.0. The molecule has 1 aliphatic rings. The van der Waals surface area contributed by atoms with E-state index in [1.165, 1.54) is 18.4 Å². The van der Waals surface area contributed by atoms with E-state index in [-0.39, 0.29) is 29.4 Å². The first-order valence-electron chi connectivity index (χ1n) is 9.01. The summed E-state index contributed by atoms with van der Waals surface area (Å²) >= 11 is 0. The fourth-order valence-electron chi connectivity index (χ4n) is 3.67. The van der Waals surface area contributed by atoms with E-state index < -0.39 is 0 Å². The van der Waals surface area contributed by atoms with Crippen molar-refractivity contribution in [2.75, 3.05) is 26.1 Å². The van der Waals surface area contributed by atoms with Gasteiger partial charge < -0.3 is 20.5 Å². The zero-order valence-electron chi connectivity index (χ0n) is 15.9. The minimum absolute atomic E-state index is 0. The minimum atomic E-state index is 0. The molecule has 0 atom stereocenters. The van der Waals surface area contributed by atoms with Gasteiger partial charge in [0.2, 0.25) is 0 Å².